The second kappa shape index (κ2) is 5.41. The van der Waals surface area contributed by atoms with E-state index in [1.807, 2.05) is 13.8 Å². The number of hydrogen-bond acceptors (Lipinski definition) is 1. The summed E-state index contributed by atoms with van der Waals surface area (Å²) in [6.07, 6.45) is 4.72. The van der Waals surface area contributed by atoms with E-state index in [9.17, 15) is 4.79 Å². The summed E-state index contributed by atoms with van der Waals surface area (Å²) in [5.74, 6) is 1.05. The fourth-order valence-corrected chi connectivity index (χ4v) is 2.99. The van der Waals surface area contributed by atoms with E-state index >= 15 is 0 Å². The standard InChI is InChI=1S/C15H29NO/c1-7-12(4)13-9-8-10-15(5,6)16(13)14(17)11(2)3/h11-13H,7-10H2,1-6H3. The molecule has 100 valence electrons. The summed E-state index contributed by atoms with van der Waals surface area (Å²) in [6, 6.07) is 0.443. The maximum atomic E-state index is 12.5. The van der Waals surface area contributed by atoms with E-state index in [1.54, 1.807) is 0 Å². The highest BCUT2D eigenvalue weighted by Gasteiger charge is 2.41. The van der Waals surface area contributed by atoms with Crippen LogP contribution < -0.4 is 0 Å². The minimum Gasteiger partial charge on any atom is -0.334 e. The quantitative estimate of drug-likeness (QED) is 0.732. The lowest BCUT2D eigenvalue weighted by molar-refractivity contribution is -0.148. The van der Waals surface area contributed by atoms with Crippen LogP contribution in [0.25, 0.3) is 0 Å². The number of hydrogen-bond donors (Lipinski definition) is 0. The number of rotatable bonds is 3. The molecule has 1 saturated heterocycles. The molecule has 0 aromatic rings. The fourth-order valence-electron chi connectivity index (χ4n) is 2.99. The molecular weight excluding hydrogens is 210 g/mol. The zero-order valence-electron chi connectivity index (χ0n) is 12.4. The molecule has 1 aliphatic heterocycles. The zero-order valence-corrected chi connectivity index (χ0v) is 12.4. The Kier molecular flexibility index (Phi) is 4.62. The van der Waals surface area contributed by atoms with E-state index in [2.05, 4.69) is 32.6 Å². The van der Waals surface area contributed by atoms with Crippen LogP contribution in [0.1, 0.15) is 67.2 Å². The molecule has 17 heavy (non-hydrogen) atoms. The highest BCUT2D eigenvalue weighted by molar-refractivity contribution is 5.79. The summed E-state index contributed by atoms with van der Waals surface area (Å²) in [5.41, 5.74) is 0.0354. The van der Waals surface area contributed by atoms with Gasteiger partial charge in [-0.25, -0.2) is 0 Å². The minimum absolute atomic E-state index is 0.0354. The van der Waals surface area contributed by atoms with Crippen LogP contribution >= 0.6 is 0 Å². The van der Waals surface area contributed by atoms with E-state index < -0.39 is 0 Å². The van der Waals surface area contributed by atoms with Crippen molar-refractivity contribution in [1.29, 1.82) is 0 Å². The van der Waals surface area contributed by atoms with Gasteiger partial charge in [-0.2, -0.15) is 0 Å². The molecular formula is C15H29NO. The minimum atomic E-state index is 0.0354. The van der Waals surface area contributed by atoms with E-state index in [-0.39, 0.29) is 11.5 Å². The highest BCUT2D eigenvalue weighted by Crippen LogP contribution is 2.36. The Balaban J connectivity index is 2.98. The predicted molar refractivity (Wildman–Crippen MR) is 72.9 cm³/mol. The molecule has 0 aromatic heterocycles. The first-order chi connectivity index (χ1) is 7.81. The smallest absolute Gasteiger partial charge is 0.225 e. The Labute approximate surface area is 107 Å². The fraction of sp³-hybridized carbons (Fsp3) is 0.933. The van der Waals surface area contributed by atoms with Crippen molar-refractivity contribution in [3.63, 3.8) is 0 Å². The van der Waals surface area contributed by atoms with E-state index in [0.29, 0.717) is 17.9 Å². The van der Waals surface area contributed by atoms with E-state index in [4.69, 9.17) is 0 Å². The average Bonchev–Trinajstić information content (AvgIpc) is 2.25. The Bertz CT molecular complexity index is 270. The predicted octanol–water partition coefficient (Wildman–Crippen LogP) is 3.85. The molecule has 1 fully saturated rings. The van der Waals surface area contributed by atoms with Crippen LogP contribution in [0.15, 0.2) is 0 Å². The van der Waals surface area contributed by atoms with Gasteiger partial charge < -0.3 is 4.90 Å². The van der Waals surface area contributed by atoms with Crippen LogP contribution in [0, 0.1) is 11.8 Å². The lowest BCUT2D eigenvalue weighted by atomic mass is 9.80. The topological polar surface area (TPSA) is 20.3 Å². The summed E-state index contributed by atoms with van der Waals surface area (Å²) < 4.78 is 0. The molecule has 0 radical (unpaired) electrons. The maximum absolute atomic E-state index is 12.5. The molecule has 0 saturated carbocycles. The zero-order chi connectivity index (χ0) is 13.2. The number of nitrogens with zero attached hydrogens (tertiary/aromatic N) is 1. The van der Waals surface area contributed by atoms with Gasteiger partial charge in [-0.3, -0.25) is 4.79 Å². The largest absolute Gasteiger partial charge is 0.334 e. The number of carbonyl (C=O) groups excluding carboxylic acids is 1. The first kappa shape index (κ1) is 14.5. The Morgan fingerprint density at radius 3 is 2.41 bits per heavy atom. The van der Waals surface area contributed by atoms with Gasteiger partial charge in [0.15, 0.2) is 0 Å². The van der Waals surface area contributed by atoms with Crippen molar-refractivity contribution in [3.8, 4) is 0 Å². The second-order valence-electron chi connectivity index (χ2n) is 6.52. The van der Waals surface area contributed by atoms with Gasteiger partial charge in [0.05, 0.1) is 0 Å². The molecule has 0 aliphatic carbocycles. The molecule has 0 N–H and O–H groups in total. The van der Waals surface area contributed by atoms with Crippen LogP contribution in [-0.4, -0.2) is 22.4 Å². The first-order valence-corrected chi connectivity index (χ1v) is 7.14. The van der Waals surface area contributed by atoms with Crippen LogP contribution in [0.3, 0.4) is 0 Å². The van der Waals surface area contributed by atoms with Crippen molar-refractivity contribution in [1.82, 2.24) is 4.90 Å². The average molecular weight is 239 g/mol. The third-order valence-electron chi connectivity index (χ3n) is 4.30. The normalized spacial score (nSPS) is 26.1. The van der Waals surface area contributed by atoms with Crippen molar-refractivity contribution in [2.24, 2.45) is 11.8 Å². The lowest BCUT2D eigenvalue weighted by Crippen LogP contribution is -2.58. The monoisotopic (exact) mass is 239 g/mol. The van der Waals surface area contributed by atoms with Gasteiger partial charge in [0, 0.05) is 17.5 Å². The molecule has 0 aromatic carbocycles. The third-order valence-corrected chi connectivity index (χ3v) is 4.30. The van der Waals surface area contributed by atoms with Crippen molar-refractivity contribution in [3.05, 3.63) is 0 Å². The van der Waals surface area contributed by atoms with E-state index in [0.717, 1.165) is 12.8 Å². The molecule has 1 amide bonds. The molecule has 1 aliphatic rings. The Morgan fingerprint density at radius 2 is 1.94 bits per heavy atom. The van der Waals surface area contributed by atoms with Crippen molar-refractivity contribution in [2.45, 2.75) is 78.8 Å². The molecule has 2 unspecified atom stereocenters. The molecule has 0 bridgehead atoms. The number of likely N-dealkylation sites (tertiary alicyclic amines) is 1. The van der Waals surface area contributed by atoms with Crippen molar-refractivity contribution < 1.29 is 4.79 Å². The third kappa shape index (κ3) is 3.02. The van der Waals surface area contributed by atoms with Crippen LogP contribution in [0.4, 0.5) is 0 Å². The maximum Gasteiger partial charge on any atom is 0.225 e. The van der Waals surface area contributed by atoms with Crippen molar-refractivity contribution in [2.75, 3.05) is 0 Å². The summed E-state index contributed by atoms with van der Waals surface area (Å²) in [5, 5.41) is 0. The van der Waals surface area contributed by atoms with Crippen molar-refractivity contribution >= 4 is 5.91 Å². The van der Waals surface area contributed by atoms with Crippen LogP contribution in [-0.2, 0) is 4.79 Å². The van der Waals surface area contributed by atoms with Crippen LogP contribution in [0.2, 0.25) is 0 Å². The molecule has 2 nitrogen and oxygen atoms in total. The number of carbonyl (C=O) groups is 1. The Hall–Kier alpha value is -0.530. The second-order valence-corrected chi connectivity index (χ2v) is 6.52. The van der Waals surface area contributed by atoms with Gasteiger partial charge in [0.2, 0.25) is 5.91 Å². The Morgan fingerprint density at radius 1 is 1.35 bits per heavy atom. The number of piperidine rings is 1. The van der Waals surface area contributed by atoms with Crippen LogP contribution in [0.5, 0.6) is 0 Å². The summed E-state index contributed by atoms with van der Waals surface area (Å²) in [7, 11) is 0. The summed E-state index contributed by atoms with van der Waals surface area (Å²) in [4.78, 5) is 14.7. The van der Waals surface area contributed by atoms with Gasteiger partial charge in [0.25, 0.3) is 0 Å². The summed E-state index contributed by atoms with van der Waals surface area (Å²) in [6.45, 7) is 13.0. The lowest BCUT2D eigenvalue weighted by Gasteiger charge is -2.50. The molecule has 1 rings (SSSR count). The SMILES string of the molecule is CCC(C)C1CCCC(C)(C)N1C(=O)C(C)C. The van der Waals surface area contributed by atoms with Gasteiger partial charge >= 0.3 is 0 Å². The molecule has 2 atom stereocenters. The van der Waals surface area contributed by atoms with E-state index in [1.165, 1.54) is 12.8 Å². The number of amides is 1. The van der Waals surface area contributed by atoms with Gasteiger partial charge in [-0.15, -0.1) is 0 Å². The van der Waals surface area contributed by atoms with Gasteiger partial charge in [0.1, 0.15) is 0 Å². The highest BCUT2D eigenvalue weighted by atomic mass is 16.2. The van der Waals surface area contributed by atoms with Gasteiger partial charge in [-0.1, -0.05) is 34.1 Å². The summed E-state index contributed by atoms with van der Waals surface area (Å²) >= 11 is 0. The van der Waals surface area contributed by atoms with Gasteiger partial charge in [-0.05, 0) is 39.0 Å². The molecule has 0 spiro atoms. The molecule has 2 heteroatoms. The molecule has 1 heterocycles. The first-order valence-electron chi connectivity index (χ1n) is 7.14.